The SMILES string of the molecule is CC(C)(O)[C@H](F)CNC(=O)c1cnc(Nc2ccc3ncsc3c2)cc1NC1CC2CCC1C2. The molecule has 3 unspecified atom stereocenters. The van der Waals surface area contributed by atoms with Crippen LogP contribution in [0.5, 0.6) is 0 Å². The van der Waals surface area contributed by atoms with E-state index >= 15 is 0 Å². The van der Waals surface area contributed by atoms with Crippen molar-refractivity contribution in [1.29, 1.82) is 0 Å². The Labute approximate surface area is 202 Å². The molecule has 2 fully saturated rings. The molecule has 1 amide bonds. The summed E-state index contributed by atoms with van der Waals surface area (Å²) in [5.41, 5.74) is 3.18. The van der Waals surface area contributed by atoms with Gasteiger partial charge in [0.2, 0.25) is 0 Å². The second kappa shape index (κ2) is 9.11. The van der Waals surface area contributed by atoms with E-state index in [9.17, 15) is 14.3 Å². The highest BCUT2D eigenvalue weighted by Crippen LogP contribution is 2.45. The fourth-order valence-corrected chi connectivity index (χ4v) is 5.77. The van der Waals surface area contributed by atoms with E-state index in [-0.39, 0.29) is 6.54 Å². The van der Waals surface area contributed by atoms with Crippen LogP contribution in [0.2, 0.25) is 0 Å². The molecule has 2 aliphatic carbocycles. The van der Waals surface area contributed by atoms with Crippen molar-refractivity contribution in [2.75, 3.05) is 17.2 Å². The van der Waals surface area contributed by atoms with Crippen molar-refractivity contribution >= 4 is 44.7 Å². The van der Waals surface area contributed by atoms with E-state index in [1.807, 2.05) is 29.8 Å². The lowest BCUT2D eigenvalue weighted by Gasteiger charge is -2.26. The lowest BCUT2D eigenvalue weighted by molar-refractivity contribution is -0.00177. The standard InChI is InChI=1S/C25H30FN5O2S/c1-25(2,33)22(26)12-28-24(32)17-11-27-23(30-16-5-6-18-21(9-16)34-13-29-18)10-20(17)31-19-8-14-3-4-15(19)7-14/h5-6,9-11,13-15,19,22,33H,3-4,7-8,12H2,1-2H3,(H,28,32)(H2,27,30,31)/t14?,15?,19?,22-/m1/s1. The Morgan fingerprint density at radius 3 is 2.85 bits per heavy atom. The molecule has 2 saturated carbocycles. The molecule has 0 radical (unpaired) electrons. The number of carbonyl (C=O) groups is 1. The average molecular weight is 484 g/mol. The predicted molar refractivity (Wildman–Crippen MR) is 134 cm³/mol. The van der Waals surface area contributed by atoms with Gasteiger partial charge in [0.1, 0.15) is 12.0 Å². The van der Waals surface area contributed by atoms with Gasteiger partial charge in [0.15, 0.2) is 0 Å². The van der Waals surface area contributed by atoms with Gasteiger partial charge in [-0.05, 0) is 63.1 Å². The van der Waals surface area contributed by atoms with Gasteiger partial charge in [0.25, 0.3) is 5.91 Å². The largest absolute Gasteiger partial charge is 0.387 e. The number of aromatic nitrogens is 2. The number of pyridine rings is 1. The van der Waals surface area contributed by atoms with Crippen molar-refractivity contribution in [3.63, 3.8) is 0 Å². The first kappa shape index (κ1) is 23.0. The molecule has 1 aromatic carbocycles. The monoisotopic (exact) mass is 483 g/mol. The van der Waals surface area contributed by atoms with Gasteiger partial charge < -0.3 is 21.1 Å². The first-order valence-corrected chi connectivity index (χ1v) is 12.7. The van der Waals surface area contributed by atoms with Crippen molar-refractivity contribution in [3.05, 3.63) is 41.5 Å². The topological polar surface area (TPSA) is 99.2 Å². The van der Waals surface area contributed by atoms with Crippen LogP contribution in [-0.2, 0) is 0 Å². The molecule has 2 aliphatic rings. The number of hydrogen-bond donors (Lipinski definition) is 4. The Bertz CT molecular complexity index is 1190. The number of nitrogens with zero attached hydrogens (tertiary/aromatic N) is 2. The molecule has 3 aromatic rings. The van der Waals surface area contributed by atoms with E-state index in [1.54, 1.807) is 11.3 Å². The number of rotatable bonds is 8. The van der Waals surface area contributed by atoms with Crippen LogP contribution in [0.15, 0.2) is 36.0 Å². The molecule has 5 rings (SSSR count). The van der Waals surface area contributed by atoms with Crippen LogP contribution >= 0.6 is 11.3 Å². The molecule has 0 saturated heterocycles. The number of anilines is 3. The average Bonchev–Trinajstić information content (AvgIpc) is 3.53. The second-order valence-corrected chi connectivity index (χ2v) is 10.9. The van der Waals surface area contributed by atoms with E-state index in [0.717, 1.165) is 28.2 Å². The summed E-state index contributed by atoms with van der Waals surface area (Å²) in [4.78, 5) is 21.7. The molecular weight excluding hydrogens is 453 g/mol. The van der Waals surface area contributed by atoms with E-state index in [4.69, 9.17) is 0 Å². The van der Waals surface area contributed by atoms with Gasteiger partial charge in [-0.3, -0.25) is 4.79 Å². The second-order valence-electron chi connectivity index (χ2n) is 10.0. The minimum atomic E-state index is -1.58. The Hall–Kier alpha value is -2.78. The predicted octanol–water partition coefficient (Wildman–Crippen LogP) is 4.87. The normalized spacial score (nSPS) is 22.6. The summed E-state index contributed by atoms with van der Waals surface area (Å²) >= 11 is 1.57. The fourth-order valence-electron chi connectivity index (χ4n) is 5.05. The quantitative estimate of drug-likeness (QED) is 0.365. The van der Waals surface area contributed by atoms with E-state index in [1.165, 1.54) is 39.3 Å². The van der Waals surface area contributed by atoms with E-state index in [0.29, 0.717) is 29.0 Å². The Balaban J connectivity index is 1.37. The number of amides is 1. The highest BCUT2D eigenvalue weighted by Gasteiger charge is 2.39. The summed E-state index contributed by atoms with van der Waals surface area (Å²) in [6.45, 7) is 2.50. The number of nitrogens with one attached hydrogen (secondary N) is 3. The highest BCUT2D eigenvalue weighted by atomic mass is 32.1. The van der Waals surface area contributed by atoms with Crippen molar-refractivity contribution in [2.45, 2.75) is 57.3 Å². The third-order valence-corrected chi connectivity index (χ3v) is 7.83. The van der Waals surface area contributed by atoms with Gasteiger partial charge in [-0.15, -0.1) is 11.3 Å². The first-order chi connectivity index (χ1) is 16.3. The molecule has 0 spiro atoms. The van der Waals surface area contributed by atoms with Crippen molar-refractivity contribution in [3.8, 4) is 0 Å². The van der Waals surface area contributed by atoms with Gasteiger partial charge in [0.05, 0.1) is 39.1 Å². The van der Waals surface area contributed by atoms with Crippen LogP contribution in [0.4, 0.5) is 21.6 Å². The number of aliphatic hydroxyl groups is 1. The Kier molecular flexibility index (Phi) is 6.16. The van der Waals surface area contributed by atoms with Gasteiger partial charge in [-0.1, -0.05) is 6.42 Å². The number of alkyl halides is 1. The van der Waals surface area contributed by atoms with Crippen LogP contribution in [0, 0.1) is 11.8 Å². The molecule has 34 heavy (non-hydrogen) atoms. The zero-order chi connectivity index (χ0) is 23.9. The summed E-state index contributed by atoms with van der Waals surface area (Å²) in [7, 11) is 0. The Morgan fingerprint density at radius 2 is 2.12 bits per heavy atom. The summed E-state index contributed by atoms with van der Waals surface area (Å²) in [5.74, 6) is 1.57. The van der Waals surface area contributed by atoms with Crippen LogP contribution in [-0.4, -0.2) is 45.3 Å². The maximum absolute atomic E-state index is 14.2. The van der Waals surface area contributed by atoms with Crippen LogP contribution in [0.25, 0.3) is 10.2 Å². The third kappa shape index (κ3) is 4.86. The van der Waals surface area contributed by atoms with Gasteiger partial charge in [-0.2, -0.15) is 0 Å². The molecule has 2 aromatic heterocycles. The van der Waals surface area contributed by atoms with E-state index in [2.05, 4.69) is 25.9 Å². The maximum Gasteiger partial charge on any atom is 0.255 e. The fraction of sp³-hybridized carbons (Fsp3) is 0.480. The van der Waals surface area contributed by atoms with Crippen LogP contribution < -0.4 is 16.0 Å². The molecule has 4 N–H and O–H groups in total. The number of hydrogen-bond acceptors (Lipinski definition) is 7. The van der Waals surface area contributed by atoms with Crippen LogP contribution in [0.1, 0.15) is 49.9 Å². The summed E-state index contributed by atoms with van der Waals surface area (Å²) in [5, 5.41) is 19.4. The molecule has 2 heterocycles. The summed E-state index contributed by atoms with van der Waals surface area (Å²) in [6.07, 6.45) is 4.78. The van der Waals surface area contributed by atoms with Crippen molar-refractivity contribution < 1.29 is 14.3 Å². The maximum atomic E-state index is 14.2. The minimum absolute atomic E-state index is 0.273. The zero-order valence-electron chi connectivity index (χ0n) is 19.3. The smallest absolute Gasteiger partial charge is 0.255 e. The number of thiazole rings is 1. The van der Waals surface area contributed by atoms with E-state index < -0.39 is 17.7 Å². The number of benzene rings is 1. The summed E-state index contributed by atoms with van der Waals surface area (Å²) < 4.78 is 15.3. The first-order valence-electron chi connectivity index (χ1n) is 11.8. The van der Waals surface area contributed by atoms with Crippen molar-refractivity contribution in [1.82, 2.24) is 15.3 Å². The Morgan fingerprint density at radius 1 is 1.26 bits per heavy atom. The molecule has 4 atom stereocenters. The molecule has 2 bridgehead atoms. The van der Waals surface area contributed by atoms with Gasteiger partial charge in [0, 0.05) is 24.0 Å². The van der Waals surface area contributed by atoms with Gasteiger partial charge >= 0.3 is 0 Å². The van der Waals surface area contributed by atoms with Crippen LogP contribution in [0.3, 0.4) is 0 Å². The van der Waals surface area contributed by atoms with Gasteiger partial charge in [-0.25, -0.2) is 14.4 Å². The molecule has 0 aliphatic heterocycles. The highest BCUT2D eigenvalue weighted by molar-refractivity contribution is 7.16. The molecule has 9 heteroatoms. The van der Waals surface area contributed by atoms with Crippen molar-refractivity contribution in [2.24, 2.45) is 11.8 Å². The number of fused-ring (bicyclic) bond motifs is 3. The lowest BCUT2D eigenvalue weighted by Crippen LogP contribution is -2.42. The molecule has 180 valence electrons. The summed E-state index contributed by atoms with van der Waals surface area (Å²) in [6, 6.07) is 8.10. The zero-order valence-corrected chi connectivity index (χ0v) is 20.2. The number of carbonyl (C=O) groups excluding carboxylic acids is 1. The molecular formula is C25H30FN5O2S. The number of halogens is 1. The lowest BCUT2D eigenvalue weighted by atomic mass is 9.95. The molecule has 7 nitrogen and oxygen atoms in total. The minimum Gasteiger partial charge on any atom is -0.387 e. The third-order valence-electron chi connectivity index (χ3n) is 7.04.